The van der Waals surface area contributed by atoms with E-state index in [2.05, 4.69) is 12.0 Å². The van der Waals surface area contributed by atoms with Crippen molar-refractivity contribution in [2.24, 2.45) is 0 Å². The van der Waals surface area contributed by atoms with E-state index in [1.165, 1.54) is 21.1 Å². The maximum absolute atomic E-state index is 12.5. The Balaban J connectivity index is 2.95. The van der Waals surface area contributed by atoms with Gasteiger partial charge in [-0.05, 0) is 58.9 Å². The van der Waals surface area contributed by atoms with Gasteiger partial charge < -0.3 is 14.4 Å². The summed E-state index contributed by atoms with van der Waals surface area (Å²) in [4.78, 5) is 40.0. The molecule has 7 nitrogen and oxygen atoms in total. The van der Waals surface area contributed by atoms with E-state index in [0.717, 1.165) is 4.88 Å². The van der Waals surface area contributed by atoms with Crippen LogP contribution in [0.5, 0.6) is 0 Å². The number of rotatable bonds is 5. The SMILES string of the molecule is CCOC(=O)C(=O)N(CCN(C#Cc1cccs1)C(=O)OC(C)(C)C)C(C)C. The Hall–Kier alpha value is -2.53. The van der Waals surface area contributed by atoms with Crippen LogP contribution in [0.2, 0.25) is 0 Å². The molecule has 0 atom stereocenters. The van der Waals surface area contributed by atoms with Crippen LogP contribution in [0.1, 0.15) is 46.4 Å². The normalized spacial score (nSPS) is 10.7. The molecule has 0 radical (unpaired) electrons. The van der Waals surface area contributed by atoms with Crippen LogP contribution >= 0.6 is 11.3 Å². The van der Waals surface area contributed by atoms with Crippen LogP contribution in [-0.2, 0) is 19.1 Å². The van der Waals surface area contributed by atoms with Crippen molar-refractivity contribution in [3.63, 3.8) is 0 Å². The summed E-state index contributed by atoms with van der Waals surface area (Å²) in [5.41, 5.74) is -0.682. The second-order valence-electron chi connectivity index (χ2n) is 7.16. The van der Waals surface area contributed by atoms with Crippen molar-refractivity contribution >= 4 is 29.3 Å². The van der Waals surface area contributed by atoms with Gasteiger partial charge in [0.25, 0.3) is 0 Å². The summed E-state index contributed by atoms with van der Waals surface area (Å²) in [6.07, 6.45) is -0.608. The number of nitrogens with zero attached hydrogens (tertiary/aromatic N) is 2. The van der Waals surface area contributed by atoms with Gasteiger partial charge in [0.1, 0.15) is 5.60 Å². The molecule has 0 aromatic carbocycles. The first kappa shape index (κ1) is 23.5. The Morgan fingerprint density at radius 3 is 2.39 bits per heavy atom. The fraction of sp³-hybridized carbons (Fsp3) is 0.550. The molecule has 0 saturated heterocycles. The molecule has 0 fully saturated rings. The molecule has 0 bridgehead atoms. The van der Waals surface area contributed by atoms with E-state index in [1.54, 1.807) is 41.5 Å². The number of thiophene rings is 1. The highest BCUT2D eigenvalue weighted by Gasteiger charge is 2.27. The first-order chi connectivity index (χ1) is 13.0. The van der Waals surface area contributed by atoms with Crippen LogP contribution in [0.3, 0.4) is 0 Å². The largest absolute Gasteiger partial charge is 0.459 e. The molecular formula is C20H28N2O5S. The Morgan fingerprint density at radius 1 is 1.21 bits per heavy atom. The van der Waals surface area contributed by atoms with Crippen molar-refractivity contribution in [3.05, 3.63) is 22.4 Å². The summed E-state index contributed by atoms with van der Waals surface area (Å²) in [7, 11) is 0. The predicted molar refractivity (Wildman–Crippen MR) is 108 cm³/mol. The lowest BCUT2D eigenvalue weighted by Crippen LogP contribution is -2.46. The summed E-state index contributed by atoms with van der Waals surface area (Å²) in [6.45, 7) is 10.8. The van der Waals surface area contributed by atoms with Gasteiger partial charge in [0.15, 0.2) is 0 Å². The topological polar surface area (TPSA) is 76.2 Å². The molecule has 0 N–H and O–H groups in total. The van der Waals surface area contributed by atoms with Crippen molar-refractivity contribution < 1.29 is 23.9 Å². The van der Waals surface area contributed by atoms with Gasteiger partial charge in [-0.1, -0.05) is 6.07 Å². The van der Waals surface area contributed by atoms with Gasteiger partial charge in [0, 0.05) is 18.6 Å². The highest BCUT2D eigenvalue weighted by Crippen LogP contribution is 2.11. The van der Waals surface area contributed by atoms with Gasteiger partial charge in [-0.3, -0.25) is 4.79 Å². The van der Waals surface area contributed by atoms with Gasteiger partial charge in [0.2, 0.25) is 0 Å². The third kappa shape index (κ3) is 8.01. The molecule has 0 aliphatic rings. The summed E-state index contributed by atoms with van der Waals surface area (Å²) in [5, 5.41) is 1.89. The zero-order valence-corrected chi connectivity index (χ0v) is 18.1. The Bertz CT molecular complexity index is 726. The Morgan fingerprint density at radius 2 is 1.89 bits per heavy atom. The number of hydrogen-bond acceptors (Lipinski definition) is 6. The molecule has 1 aromatic rings. The first-order valence-electron chi connectivity index (χ1n) is 9.08. The molecule has 154 valence electrons. The van der Waals surface area contributed by atoms with E-state index in [9.17, 15) is 14.4 Å². The fourth-order valence-corrected chi connectivity index (χ4v) is 2.66. The van der Waals surface area contributed by atoms with Crippen LogP contribution < -0.4 is 0 Å². The second kappa shape index (κ2) is 10.7. The van der Waals surface area contributed by atoms with Crippen molar-refractivity contribution in [1.29, 1.82) is 0 Å². The van der Waals surface area contributed by atoms with Gasteiger partial charge in [-0.25, -0.2) is 14.5 Å². The predicted octanol–water partition coefficient (Wildman–Crippen LogP) is 3.09. The zero-order valence-electron chi connectivity index (χ0n) is 17.3. The monoisotopic (exact) mass is 408 g/mol. The number of ether oxygens (including phenoxy) is 2. The number of carbonyl (C=O) groups is 3. The average Bonchev–Trinajstić information content (AvgIpc) is 3.09. The van der Waals surface area contributed by atoms with E-state index in [0.29, 0.717) is 0 Å². The van der Waals surface area contributed by atoms with Gasteiger partial charge >= 0.3 is 18.0 Å². The Kier molecular flexibility index (Phi) is 9.00. The first-order valence-corrected chi connectivity index (χ1v) is 9.96. The van der Waals surface area contributed by atoms with Crippen molar-refractivity contribution in [2.75, 3.05) is 19.7 Å². The molecule has 0 spiro atoms. The summed E-state index contributed by atoms with van der Waals surface area (Å²) >= 11 is 1.46. The van der Waals surface area contributed by atoms with Crippen molar-refractivity contribution in [2.45, 2.75) is 53.2 Å². The van der Waals surface area contributed by atoms with Crippen LogP contribution in [-0.4, -0.2) is 59.1 Å². The molecule has 0 saturated carbocycles. The average molecular weight is 409 g/mol. The molecule has 1 rings (SSSR count). The molecule has 0 unspecified atom stereocenters. The molecule has 2 amide bonds. The van der Waals surface area contributed by atoms with Crippen LogP contribution in [0.25, 0.3) is 0 Å². The quantitative estimate of drug-likeness (QED) is 0.324. The molecule has 0 aliphatic heterocycles. The van der Waals surface area contributed by atoms with Crippen LogP contribution in [0, 0.1) is 12.0 Å². The fourth-order valence-electron chi connectivity index (χ4n) is 2.09. The third-order valence-electron chi connectivity index (χ3n) is 3.35. The van der Waals surface area contributed by atoms with Crippen molar-refractivity contribution in [1.82, 2.24) is 9.80 Å². The smallest absolute Gasteiger partial charge is 0.422 e. The third-order valence-corrected chi connectivity index (χ3v) is 4.13. The van der Waals surface area contributed by atoms with Crippen LogP contribution in [0.4, 0.5) is 4.79 Å². The van der Waals surface area contributed by atoms with Gasteiger partial charge in [-0.15, -0.1) is 11.3 Å². The minimum atomic E-state index is -0.912. The lowest BCUT2D eigenvalue weighted by molar-refractivity contribution is -0.160. The molecular weight excluding hydrogens is 380 g/mol. The minimum absolute atomic E-state index is 0.0939. The van der Waals surface area contributed by atoms with Crippen molar-refractivity contribution in [3.8, 4) is 12.0 Å². The number of hydrogen-bond donors (Lipinski definition) is 0. The molecule has 8 heteroatoms. The highest BCUT2D eigenvalue weighted by molar-refractivity contribution is 7.10. The van der Waals surface area contributed by atoms with Crippen LogP contribution in [0.15, 0.2) is 17.5 Å². The number of carbonyl (C=O) groups excluding carboxylic acids is 3. The highest BCUT2D eigenvalue weighted by atomic mass is 32.1. The molecule has 1 aromatic heterocycles. The van der Waals surface area contributed by atoms with E-state index in [1.807, 2.05) is 17.5 Å². The summed E-state index contributed by atoms with van der Waals surface area (Å²) in [6, 6.07) is 6.26. The second-order valence-corrected chi connectivity index (χ2v) is 8.11. The summed E-state index contributed by atoms with van der Waals surface area (Å²) < 4.78 is 10.2. The lowest BCUT2D eigenvalue weighted by atomic mass is 10.2. The van der Waals surface area contributed by atoms with E-state index in [4.69, 9.17) is 9.47 Å². The zero-order chi connectivity index (χ0) is 21.3. The molecule has 0 aliphatic carbocycles. The van der Waals surface area contributed by atoms with Gasteiger partial charge in [0.05, 0.1) is 18.0 Å². The number of amides is 2. The minimum Gasteiger partial charge on any atom is -0.459 e. The van der Waals surface area contributed by atoms with E-state index in [-0.39, 0.29) is 25.7 Å². The number of esters is 1. The molecule has 1 heterocycles. The lowest BCUT2D eigenvalue weighted by Gasteiger charge is -2.28. The maximum atomic E-state index is 12.5. The summed E-state index contributed by atoms with van der Waals surface area (Å²) in [5.74, 6) is 1.26. The van der Waals surface area contributed by atoms with E-state index < -0.39 is 23.6 Å². The van der Waals surface area contributed by atoms with E-state index >= 15 is 0 Å². The Labute approximate surface area is 170 Å². The molecule has 28 heavy (non-hydrogen) atoms. The van der Waals surface area contributed by atoms with Gasteiger partial charge in [-0.2, -0.15) is 0 Å². The standard InChI is InChI=1S/C20H28N2O5S/c1-7-26-18(24)17(23)22(15(2)3)13-12-21(19(25)27-20(4,5)6)11-10-16-9-8-14-28-16/h8-9,14-15H,7,12-13H2,1-6H3. The maximum Gasteiger partial charge on any atom is 0.422 e.